The Hall–Kier alpha value is -3.66. The van der Waals surface area contributed by atoms with E-state index in [0.717, 1.165) is 61.7 Å². The SMILES string of the molecule is C=C1c2cc(F)ccc2OCC(=O)NCCN(C)c2cc(C3CN(C)C3)nc3cc(nn23)C2CCCCN12. The number of nitrogens with zero attached hydrogens (tertiary/aromatic N) is 6. The van der Waals surface area contributed by atoms with Gasteiger partial charge in [0.25, 0.3) is 5.91 Å². The molecular formula is C28H34FN7O2. The number of likely N-dealkylation sites (N-methyl/N-ethyl adjacent to an activating group) is 2. The zero-order valence-corrected chi connectivity index (χ0v) is 22.0. The van der Waals surface area contributed by atoms with Crippen molar-refractivity contribution >= 4 is 23.1 Å². The van der Waals surface area contributed by atoms with Gasteiger partial charge in [0.2, 0.25) is 0 Å². The Bertz CT molecular complexity index is 1380. The molecule has 0 radical (unpaired) electrons. The van der Waals surface area contributed by atoms with Gasteiger partial charge in [-0.25, -0.2) is 9.37 Å². The van der Waals surface area contributed by atoms with E-state index in [0.29, 0.717) is 36.0 Å². The number of carbonyl (C=O) groups excluding carboxylic acids is 1. The number of anilines is 1. The molecule has 0 saturated carbocycles. The molecule has 10 heteroatoms. The molecule has 1 amide bonds. The monoisotopic (exact) mass is 519 g/mol. The Balaban J connectivity index is 1.46. The minimum Gasteiger partial charge on any atom is -0.483 e. The Morgan fingerprint density at radius 3 is 2.76 bits per heavy atom. The van der Waals surface area contributed by atoms with Crippen molar-refractivity contribution in [2.45, 2.75) is 31.2 Å². The van der Waals surface area contributed by atoms with Gasteiger partial charge in [-0.05, 0) is 44.5 Å². The van der Waals surface area contributed by atoms with Crippen molar-refractivity contribution in [2.75, 3.05) is 58.3 Å². The second-order valence-corrected chi connectivity index (χ2v) is 10.6. The van der Waals surface area contributed by atoms with Crippen molar-refractivity contribution in [3.63, 3.8) is 0 Å². The van der Waals surface area contributed by atoms with E-state index in [9.17, 15) is 9.18 Å². The first-order valence-electron chi connectivity index (χ1n) is 13.3. The molecule has 2 aromatic heterocycles. The van der Waals surface area contributed by atoms with E-state index in [-0.39, 0.29) is 24.4 Å². The third kappa shape index (κ3) is 4.57. The number of nitrogens with one attached hydrogen (secondary N) is 1. The predicted octanol–water partition coefficient (Wildman–Crippen LogP) is 3.04. The normalized spacial score (nSPS) is 21.6. The van der Waals surface area contributed by atoms with Gasteiger partial charge in [-0.15, -0.1) is 0 Å². The van der Waals surface area contributed by atoms with E-state index in [1.54, 1.807) is 6.07 Å². The second-order valence-electron chi connectivity index (χ2n) is 10.6. The van der Waals surface area contributed by atoms with Crippen LogP contribution in [0, 0.1) is 5.82 Å². The van der Waals surface area contributed by atoms with E-state index in [2.05, 4.69) is 45.8 Å². The molecule has 1 aromatic carbocycles. The number of hydrogen-bond acceptors (Lipinski definition) is 7. The third-order valence-electron chi connectivity index (χ3n) is 7.89. The van der Waals surface area contributed by atoms with Crippen LogP contribution < -0.4 is 15.0 Å². The van der Waals surface area contributed by atoms with Crippen LogP contribution in [-0.4, -0.2) is 83.7 Å². The number of carbonyl (C=O) groups is 1. The minimum absolute atomic E-state index is 0.0262. The summed E-state index contributed by atoms with van der Waals surface area (Å²) in [6, 6.07) is 8.54. The first-order valence-corrected chi connectivity index (χ1v) is 13.3. The fourth-order valence-electron chi connectivity index (χ4n) is 5.77. The average molecular weight is 520 g/mol. The largest absolute Gasteiger partial charge is 0.483 e. The van der Waals surface area contributed by atoms with Gasteiger partial charge in [0.1, 0.15) is 17.4 Å². The van der Waals surface area contributed by atoms with Crippen molar-refractivity contribution in [2.24, 2.45) is 0 Å². The summed E-state index contributed by atoms with van der Waals surface area (Å²) in [6.07, 6.45) is 2.97. The van der Waals surface area contributed by atoms with Crippen LogP contribution in [0.1, 0.15) is 48.2 Å². The quantitative estimate of drug-likeness (QED) is 0.530. The lowest BCUT2D eigenvalue weighted by molar-refractivity contribution is -0.123. The fourth-order valence-corrected chi connectivity index (χ4v) is 5.77. The van der Waals surface area contributed by atoms with Crippen LogP contribution in [0.5, 0.6) is 5.75 Å². The van der Waals surface area contributed by atoms with Crippen LogP contribution in [0.3, 0.4) is 0 Å². The van der Waals surface area contributed by atoms with Crippen LogP contribution in [-0.2, 0) is 4.79 Å². The van der Waals surface area contributed by atoms with Gasteiger partial charge in [0.15, 0.2) is 12.3 Å². The molecular weight excluding hydrogens is 485 g/mol. The Morgan fingerprint density at radius 2 is 1.95 bits per heavy atom. The molecule has 0 aliphatic carbocycles. The molecule has 200 valence electrons. The number of ether oxygens (including phenoxy) is 1. The highest BCUT2D eigenvalue weighted by molar-refractivity contribution is 5.78. The summed E-state index contributed by atoms with van der Waals surface area (Å²) in [5.41, 5.74) is 4.02. The molecule has 0 spiro atoms. The standard InChI is InChI=1S/C28H34FN7O2/c1-18-21-12-20(29)7-8-25(21)38-17-27(37)30-9-11-34(3)28-14-22(19-15-33(2)16-19)31-26-13-23(32-36(26)28)24-6-4-5-10-35(18)24/h7-8,12-14,19,24H,1,4-6,9-11,15-17H2,2-3H3,(H,30,37). The van der Waals surface area contributed by atoms with Gasteiger partial charge in [-0.2, -0.15) is 9.61 Å². The molecule has 1 unspecified atom stereocenters. The van der Waals surface area contributed by atoms with Crippen molar-refractivity contribution in [3.8, 4) is 5.75 Å². The highest BCUT2D eigenvalue weighted by Crippen LogP contribution is 2.39. The average Bonchev–Trinajstić information content (AvgIpc) is 3.33. The highest BCUT2D eigenvalue weighted by Gasteiger charge is 2.31. The smallest absolute Gasteiger partial charge is 0.258 e. The summed E-state index contributed by atoms with van der Waals surface area (Å²) in [5, 5.41) is 7.99. The zero-order valence-electron chi connectivity index (χ0n) is 22.0. The van der Waals surface area contributed by atoms with Gasteiger partial charge in [-0.3, -0.25) is 4.79 Å². The molecule has 2 fully saturated rings. The van der Waals surface area contributed by atoms with E-state index >= 15 is 0 Å². The van der Waals surface area contributed by atoms with Crippen LogP contribution >= 0.6 is 0 Å². The van der Waals surface area contributed by atoms with E-state index in [1.165, 1.54) is 12.1 Å². The van der Waals surface area contributed by atoms with Crippen molar-refractivity contribution in [1.82, 2.24) is 29.7 Å². The first kappa shape index (κ1) is 24.7. The molecule has 3 aromatic rings. The van der Waals surface area contributed by atoms with Gasteiger partial charge in [0, 0.05) is 69.1 Å². The number of fused-ring (bicyclic) bond motifs is 4. The lowest BCUT2D eigenvalue weighted by Gasteiger charge is -2.38. The van der Waals surface area contributed by atoms with Crippen LogP contribution in [0.15, 0.2) is 36.9 Å². The number of aromatic nitrogens is 3. The van der Waals surface area contributed by atoms with Gasteiger partial charge in [-0.1, -0.05) is 6.58 Å². The predicted molar refractivity (Wildman–Crippen MR) is 144 cm³/mol. The van der Waals surface area contributed by atoms with E-state index < -0.39 is 0 Å². The number of rotatable bonds is 1. The second kappa shape index (κ2) is 9.90. The van der Waals surface area contributed by atoms with Crippen LogP contribution in [0.4, 0.5) is 10.2 Å². The minimum atomic E-state index is -0.375. The molecule has 1 atom stereocenters. The summed E-state index contributed by atoms with van der Waals surface area (Å²) in [4.78, 5) is 24.2. The number of halogens is 1. The number of likely N-dealkylation sites (tertiary alicyclic amines) is 1. The fraction of sp³-hybridized carbons (Fsp3) is 0.464. The van der Waals surface area contributed by atoms with Gasteiger partial charge < -0.3 is 24.8 Å². The van der Waals surface area contributed by atoms with E-state index in [4.69, 9.17) is 14.8 Å². The number of amides is 1. The number of piperidine rings is 1. The number of hydrogen-bond donors (Lipinski definition) is 1. The van der Waals surface area contributed by atoms with Crippen LogP contribution in [0.2, 0.25) is 0 Å². The molecule has 2 bridgehead atoms. The Kier molecular flexibility index (Phi) is 6.43. The maximum absolute atomic E-state index is 14.4. The summed E-state index contributed by atoms with van der Waals surface area (Å²) in [7, 11) is 4.13. The lowest BCUT2D eigenvalue weighted by Crippen LogP contribution is -2.42. The summed E-state index contributed by atoms with van der Waals surface area (Å²) in [5.74, 6) is 1.16. The molecule has 3 aliphatic heterocycles. The maximum Gasteiger partial charge on any atom is 0.258 e. The number of benzene rings is 1. The van der Waals surface area contributed by atoms with Crippen LogP contribution in [0.25, 0.3) is 11.3 Å². The topological polar surface area (TPSA) is 78.2 Å². The van der Waals surface area contributed by atoms with Crippen molar-refractivity contribution in [3.05, 3.63) is 59.7 Å². The molecule has 3 aliphatic rings. The van der Waals surface area contributed by atoms with Gasteiger partial charge in [0.05, 0.1) is 17.4 Å². The van der Waals surface area contributed by atoms with Gasteiger partial charge >= 0.3 is 0 Å². The molecule has 6 rings (SSSR count). The first-order chi connectivity index (χ1) is 18.4. The highest BCUT2D eigenvalue weighted by atomic mass is 19.1. The van der Waals surface area contributed by atoms with Crippen molar-refractivity contribution < 1.29 is 13.9 Å². The van der Waals surface area contributed by atoms with Crippen molar-refractivity contribution in [1.29, 1.82) is 0 Å². The molecule has 5 heterocycles. The third-order valence-corrected chi connectivity index (χ3v) is 7.89. The lowest BCUT2D eigenvalue weighted by atomic mass is 9.96. The Morgan fingerprint density at radius 1 is 1.11 bits per heavy atom. The summed E-state index contributed by atoms with van der Waals surface area (Å²) >= 11 is 0. The Labute approximate surface area is 221 Å². The molecule has 2 saturated heterocycles. The zero-order chi connectivity index (χ0) is 26.4. The summed E-state index contributed by atoms with van der Waals surface area (Å²) < 4.78 is 22.2. The molecule has 38 heavy (non-hydrogen) atoms. The maximum atomic E-state index is 14.4. The molecule has 9 nitrogen and oxygen atoms in total. The van der Waals surface area contributed by atoms with E-state index in [1.807, 2.05) is 11.6 Å². The summed E-state index contributed by atoms with van der Waals surface area (Å²) in [6.45, 7) is 7.98. The molecule has 1 N–H and O–H groups in total.